The van der Waals surface area contributed by atoms with E-state index >= 15 is 0 Å². The molecule has 0 saturated heterocycles. The van der Waals surface area contributed by atoms with E-state index in [9.17, 15) is 0 Å². The maximum absolute atomic E-state index is 5.30. The highest BCUT2D eigenvalue weighted by molar-refractivity contribution is 6.87. The molecule has 0 amide bonds. The van der Waals surface area contributed by atoms with E-state index in [1.54, 1.807) is 0 Å². The standard InChI is InChI=1S/C15H23NSi/c1-6-12-16(13-7-2)14-11-15-17(8-3,9-4)10-5/h1-2H,8-10,12-14H2,3-5H3. The van der Waals surface area contributed by atoms with Gasteiger partial charge < -0.3 is 0 Å². The van der Waals surface area contributed by atoms with Gasteiger partial charge in [-0.1, -0.05) is 38.5 Å². The predicted molar refractivity (Wildman–Crippen MR) is 79.1 cm³/mol. The zero-order chi connectivity index (χ0) is 13.1. The molecular weight excluding hydrogens is 222 g/mol. The highest BCUT2D eigenvalue weighted by Crippen LogP contribution is 2.18. The molecule has 0 aliphatic rings. The van der Waals surface area contributed by atoms with Crippen molar-refractivity contribution in [2.45, 2.75) is 38.9 Å². The lowest BCUT2D eigenvalue weighted by Gasteiger charge is -2.20. The topological polar surface area (TPSA) is 3.24 Å². The zero-order valence-electron chi connectivity index (χ0n) is 11.3. The molecule has 0 atom stereocenters. The predicted octanol–water partition coefficient (Wildman–Crippen LogP) is 2.61. The Balaban J connectivity index is 4.52. The van der Waals surface area contributed by atoms with Crippen LogP contribution in [0.4, 0.5) is 0 Å². The summed E-state index contributed by atoms with van der Waals surface area (Å²) in [6.07, 6.45) is 10.6. The molecule has 1 nitrogen and oxygen atoms in total. The average molecular weight is 245 g/mol. The van der Waals surface area contributed by atoms with Crippen LogP contribution in [0.5, 0.6) is 0 Å². The molecule has 2 heteroatoms. The third-order valence-electron chi connectivity index (χ3n) is 3.32. The molecular formula is C15H23NSi. The molecule has 0 N–H and O–H groups in total. The van der Waals surface area contributed by atoms with Gasteiger partial charge in [0.05, 0.1) is 19.6 Å². The van der Waals surface area contributed by atoms with Gasteiger partial charge >= 0.3 is 0 Å². The van der Waals surface area contributed by atoms with Crippen LogP contribution in [0.2, 0.25) is 18.1 Å². The fourth-order valence-corrected chi connectivity index (χ4v) is 4.26. The molecule has 0 spiro atoms. The third kappa shape index (κ3) is 5.65. The number of nitrogens with zero attached hydrogens (tertiary/aromatic N) is 1. The van der Waals surface area contributed by atoms with Crippen molar-refractivity contribution in [3.8, 4) is 36.2 Å². The molecule has 0 aliphatic heterocycles. The molecule has 0 unspecified atom stereocenters. The molecule has 0 heterocycles. The van der Waals surface area contributed by atoms with Crippen LogP contribution in [-0.4, -0.2) is 32.6 Å². The van der Waals surface area contributed by atoms with Crippen molar-refractivity contribution in [2.24, 2.45) is 0 Å². The van der Waals surface area contributed by atoms with Crippen LogP contribution in [0.1, 0.15) is 20.8 Å². The first-order valence-electron chi connectivity index (χ1n) is 6.27. The van der Waals surface area contributed by atoms with Crippen LogP contribution < -0.4 is 0 Å². The van der Waals surface area contributed by atoms with Crippen molar-refractivity contribution < 1.29 is 0 Å². The minimum absolute atomic E-state index is 0.581. The molecule has 0 aromatic rings. The molecule has 0 fully saturated rings. The van der Waals surface area contributed by atoms with Gasteiger partial charge in [-0.2, -0.15) is 0 Å². The first kappa shape index (κ1) is 15.9. The van der Waals surface area contributed by atoms with Crippen LogP contribution in [0.15, 0.2) is 0 Å². The lowest BCUT2D eigenvalue weighted by Crippen LogP contribution is -2.30. The molecule has 0 aromatic carbocycles. The number of hydrogen-bond acceptors (Lipinski definition) is 1. The van der Waals surface area contributed by atoms with Crippen molar-refractivity contribution in [1.82, 2.24) is 4.90 Å². The maximum atomic E-state index is 5.30. The van der Waals surface area contributed by atoms with Gasteiger partial charge in [0.25, 0.3) is 0 Å². The second kappa shape index (κ2) is 8.95. The van der Waals surface area contributed by atoms with E-state index in [0.717, 1.165) is 0 Å². The Morgan fingerprint density at radius 3 is 1.71 bits per heavy atom. The van der Waals surface area contributed by atoms with Crippen LogP contribution >= 0.6 is 0 Å². The zero-order valence-corrected chi connectivity index (χ0v) is 12.3. The van der Waals surface area contributed by atoms with Gasteiger partial charge in [0, 0.05) is 0 Å². The van der Waals surface area contributed by atoms with Crippen LogP contribution in [0.3, 0.4) is 0 Å². The Morgan fingerprint density at radius 2 is 1.35 bits per heavy atom. The first-order chi connectivity index (χ1) is 8.17. The number of hydrogen-bond donors (Lipinski definition) is 0. The maximum Gasteiger partial charge on any atom is 0.137 e. The van der Waals surface area contributed by atoms with Crippen LogP contribution in [0.25, 0.3) is 0 Å². The van der Waals surface area contributed by atoms with Gasteiger partial charge in [-0.25, -0.2) is 0 Å². The van der Waals surface area contributed by atoms with E-state index in [2.05, 4.69) is 44.1 Å². The fourth-order valence-electron chi connectivity index (χ4n) is 1.78. The van der Waals surface area contributed by atoms with E-state index in [1.165, 1.54) is 18.1 Å². The Hall–Kier alpha value is -1.14. The monoisotopic (exact) mass is 245 g/mol. The number of terminal acetylenes is 2. The molecule has 92 valence electrons. The Kier molecular flexibility index (Phi) is 8.34. The summed E-state index contributed by atoms with van der Waals surface area (Å²) in [5.74, 6) is 8.53. The lowest BCUT2D eigenvalue weighted by atomic mass is 10.4. The Bertz CT molecular complexity index is 320. The minimum Gasteiger partial charge on any atom is -0.270 e. The summed E-state index contributed by atoms with van der Waals surface area (Å²) in [4.78, 5) is 2.02. The van der Waals surface area contributed by atoms with Gasteiger partial charge in [0.2, 0.25) is 0 Å². The highest BCUT2D eigenvalue weighted by atomic mass is 28.3. The van der Waals surface area contributed by atoms with Gasteiger partial charge in [0.1, 0.15) is 8.07 Å². The lowest BCUT2D eigenvalue weighted by molar-refractivity contribution is 0.390. The second-order valence-electron chi connectivity index (χ2n) is 4.20. The summed E-state index contributed by atoms with van der Waals surface area (Å²) in [5, 5.41) is 0. The number of rotatable bonds is 6. The van der Waals surface area contributed by atoms with Crippen molar-refractivity contribution in [1.29, 1.82) is 0 Å². The summed E-state index contributed by atoms with van der Waals surface area (Å²) in [6, 6.07) is 3.70. The highest BCUT2D eigenvalue weighted by Gasteiger charge is 2.23. The normalized spacial score (nSPS) is 10.2. The van der Waals surface area contributed by atoms with Crippen molar-refractivity contribution in [2.75, 3.05) is 19.6 Å². The summed E-state index contributed by atoms with van der Waals surface area (Å²) in [5.41, 5.74) is 3.54. The summed E-state index contributed by atoms with van der Waals surface area (Å²) < 4.78 is 0. The Morgan fingerprint density at radius 1 is 0.882 bits per heavy atom. The van der Waals surface area contributed by atoms with Gasteiger partial charge in [-0.3, -0.25) is 4.90 Å². The van der Waals surface area contributed by atoms with E-state index in [-0.39, 0.29) is 0 Å². The third-order valence-corrected chi connectivity index (χ3v) is 8.08. The first-order valence-corrected chi connectivity index (χ1v) is 8.89. The van der Waals surface area contributed by atoms with Crippen LogP contribution in [0, 0.1) is 36.2 Å². The van der Waals surface area contributed by atoms with E-state index < -0.39 is 8.07 Å². The minimum atomic E-state index is -1.32. The van der Waals surface area contributed by atoms with Crippen molar-refractivity contribution in [3.05, 3.63) is 0 Å². The largest absolute Gasteiger partial charge is 0.270 e. The molecule has 0 rings (SSSR count). The summed E-state index contributed by atoms with van der Waals surface area (Å²) in [6.45, 7) is 8.64. The molecule has 17 heavy (non-hydrogen) atoms. The van der Waals surface area contributed by atoms with Gasteiger partial charge in [-0.15, -0.1) is 18.4 Å². The Labute approximate surface area is 108 Å². The molecule has 0 aliphatic carbocycles. The van der Waals surface area contributed by atoms with E-state index in [1.807, 2.05) is 4.90 Å². The van der Waals surface area contributed by atoms with E-state index in [4.69, 9.17) is 12.8 Å². The summed E-state index contributed by atoms with van der Waals surface area (Å²) in [7, 11) is -1.32. The van der Waals surface area contributed by atoms with Crippen molar-refractivity contribution in [3.63, 3.8) is 0 Å². The van der Waals surface area contributed by atoms with Gasteiger partial charge in [0.15, 0.2) is 0 Å². The fraction of sp³-hybridized carbons (Fsp3) is 0.600. The molecule has 0 radical (unpaired) electrons. The average Bonchev–Trinajstić information content (AvgIpc) is 2.36. The van der Waals surface area contributed by atoms with E-state index in [0.29, 0.717) is 19.6 Å². The molecule has 0 bridgehead atoms. The second-order valence-corrected chi connectivity index (χ2v) is 9.13. The molecule has 0 aromatic heterocycles. The summed E-state index contributed by atoms with van der Waals surface area (Å²) >= 11 is 0. The van der Waals surface area contributed by atoms with Gasteiger partial charge in [-0.05, 0) is 18.1 Å². The van der Waals surface area contributed by atoms with Crippen LogP contribution in [-0.2, 0) is 0 Å². The molecule has 0 saturated carbocycles. The van der Waals surface area contributed by atoms with Crippen molar-refractivity contribution >= 4 is 8.07 Å². The SMILES string of the molecule is C#CCN(CC#C)CC#C[Si](CC)(CC)CC. The smallest absolute Gasteiger partial charge is 0.137 e. The quantitative estimate of drug-likeness (QED) is 0.513.